The summed E-state index contributed by atoms with van der Waals surface area (Å²) in [5.41, 5.74) is 0.572. The van der Waals surface area contributed by atoms with E-state index in [0.29, 0.717) is 12.1 Å². The van der Waals surface area contributed by atoms with Crippen molar-refractivity contribution in [2.24, 2.45) is 5.92 Å². The summed E-state index contributed by atoms with van der Waals surface area (Å²) in [6.07, 6.45) is 6.79. The number of hydrogen-bond acceptors (Lipinski definition) is 4. The third kappa shape index (κ3) is 3.07. The Morgan fingerprint density at radius 3 is 2.76 bits per heavy atom. The molecule has 21 heavy (non-hydrogen) atoms. The van der Waals surface area contributed by atoms with Gasteiger partial charge in [-0.3, -0.25) is 9.78 Å². The van der Waals surface area contributed by atoms with Gasteiger partial charge in [-0.2, -0.15) is 0 Å². The second-order valence-electron chi connectivity index (χ2n) is 5.22. The number of aromatic nitrogens is 2. The molecule has 0 aliphatic carbocycles. The Morgan fingerprint density at radius 2 is 2.05 bits per heavy atom. The zero-order valence-electron chi connectivity index (χ0n) is 11.6. The van der Waals surface area contributed by atoms with E-state index in [2.05, 4.69) is 14.9 Å². The summed E-state index contributed by atoms with van der Waals surface area (Å²) >= 11 is 0. The van der Waals surface area contributed by atoms with Gasteiger partial charge >= 0.3 is 0 Å². The predicted molar refractivity (Wildman–Crippen MR) is 77.7 cm³/mol. The summed E-state index contributed by atoms with van der Waals surface area (Å²) in [6, 6.07) is 5.77. The van der Waals surface area contributed by atoms with Crippen molar-refractivity contribution in [3.63, 3.8) is 0 Å². The van der Waals surface area contributed by atoms with Crippen molar-refractivity contribution >= 4 is 11.6 Å². The molecule has 1 saturated heterocycles. The number of nitrogens with zero attached hydrogens (tertiary/aromatic N) is 3. The van der Waals surface area contributed by atoms with Crippen molar-refractivity contribution in [2.45, 2.75) is 12.8 Å². The van der Waals surface area contributed by atoms with Gasteiger partial charge in [-0.1, -0.05) is 0 Å². The lowest BCUT2D eigenvalue weighted by Gasteiger charge is -2.32. The van der Waals surface area contributed by atoms with E-state index in [0.717, 1.165) is 25.2 Å². The van der Waals surface area contributed by atoms with Gasteiger partial charge in [0, 0.05) is 37.0 Å². The number of carbonyl (C=O) groups is 1. The molecule has 0 radical (unpaired) electrons. The lowest BCUT2D eigenvalue weighted by Crippen LogP contribution is -2.39. The van der Waals surface area contributed by atoms with Crippen molar-refractivity contribution in [3.8, 4) is 0 Å². The quantitative estimate of drug-likeness (QED) is 0.813. The smallest absolute Gasteiger partial charge is 0.167 e. The summed E-state index contributed by atoms with van der Waals surface area (Å²) in [7, 11) is 0. The van der Waals surface area contributed by atoms with Crippen LogP contribution in [0.25, 0.3) is 0 Å². The third-order valence-corrected chi connectivity index (χ3v) is 3.79. The number of ketones is 1. The molecule has 1 aromatic heterocycles. The highest BCUT2D eigenvalue weighted by molar-refractivity contribution is 5.98. The molecule has 0 N–H and O–H groups in total. The minimum Gasteiger partial charge on any atom is -0.355 e. The number of Topliss-reactive ketones (excluding diaryl/α,β-unsaturated/α-hetero) is 1. The molecule has 1 fully saturated rings. The van der Waals surface area contributed by atoms with Crippen molar-refractivity contribution in [3.05, 3.63) is 54.2 Å². The number of carbonyl (C=O) groups excluding carboxylic acids is 1. The molecule has 1 aliphatic rings. The summed E-state index contributed by atoms with van der Waals surface area (Å²) in [5.74, 6) is 0.472. The van der Waals surface area contributed by atoms with E-state index in [1.165, 1.54) is 12.1 Å². The van der Waals surface area contributed by atoms with Gasteiger partial charge in [-0.15, -0.1) is 0 Å². The van der Waals surface area contributed by atoms with Gasteiger partial charge in [-0.25, -0.2) is 9.37 Å². The van der Waals surface area contributed by atoms with E-state index in [4.69, 9.17) is 0 Å². The normalized spacial score (nSPS) is 18.5. The minimum atomic E-state index is -0.323. The van der Waals surface area contributed by atoms with Crippen LogP contribution in [-0.2, 0) is 0 Å². The molecule has 108 valence electrons. The standard InChI is InChI=1S/C16H16FN3O/c17-14-5-3-12(4-6-14)16(21)13-2-1-9-20(11-13)15-10-18-7-8-19-15/h3-8,10,13H,1-2,9,11H2. The highest BCUT2D eigenvalue weighted by atomic mass is 19.1. The first-order chi connectivity index (χ1) is 10.2. The average molecular weight is 285 g/mol. The first kappa shape index (κ1) is 13.7. The Morgan fingerprint density at radius 1 is 1.24 bits per heavy atom. The molecular formula is C16H16FN3O. The van der Waals surface area contributed by atoms with E-state index in [1.807, 2.05) is 0 Å². The molecular weight excluding hydrogens is 269 g/mol. The van der Waals surface area contributed by atoms with Crippen LogP contribution in [0.2, 0.25) is 0 Å². The zero-order valence-corrected chi connectivity index (χ0v) is 11.6. The Kier molecular flexibility index (Phi) is 3.90. The van der Waals surface area contributed by atoms with Crippen LogP contribution in [0, 0.1) is 11.7 Å². The van der Waals surface area contributed by atoms with E-state index in [1.54, 1.807) is 30.7 Å². The third-order valence-electron chi connectivity index (χ3n) is 3.79. The first-order valence-corrected chi connectivity index (χ1v) is 7.05. The van der Waals surface area contributed by atoms with E-state index in [9.17, 15) is 9.18 Å². The van der Waals surface area contributed by atoms with Crippen molar-refractivity contribution in [1.29, 1.82) is 0 Å². The molecule has 4 nitrogen and oxygen atoms in total. The van der Waals surface area contributed by atoms with Crippen molar-refractivity contribution in [2.75, 3.05) is 18.0 Å². The first-order valence-electron chi connectivity index (χ1n) is 7.05. The van der Waals surface area contributed by atoms with Crippen LogP contribution in [0.3, 0.4) is 0 Å². The molecule has 1 unspecified atom stereocenters. The summed E-state index contributed by atoms with van der Waals surface area (Å²) < 4.78 is 12.9. The lowest BCUT2D eigenvalue weighted by molar-refractivity contribution is 0.0907. The Balaban J connectivity index is 1.74. The highest BCUT2D eigenvalue weighted by Gasteiger charge is 2.27. The average Bonchev–Trinajstić information content (AvgIpc) is 2.56. The molecule has 1 aromatic carbocycles. The fraction of sp³-hybridized carbons (Fsp3) is 0.312. The molecule has 2 heterocycles. The molecule has 0 amide bonds. The Hall–Kier alpha value is -2.30. The molecule has 3 rings (SSSR count). The number of benzene rings is 1. The summed E-state index contributed by atoms with van der Waals surface area (Å²) in [4.78, 5) is 22.9. The number of hydrogen-bond donors (Lipinski definition) is 0. The van der Waals surface area contributed by atoms with Crippen LogP contribution < -0.4 is 4.90 Å². The van der Waals surface area contributed by atoms with Gasteiger partial charge in [0.25, 0.3) is 0 Å². The van der Waals surface area contributed by atoms with Gasteiger partial charge in [0.1, 0.15) is 11.6 Å². The van der Waals surface area contributed by atoms with Gasteiger partial charge < -0.3 is 4.90 Å². The molecule has 1 atom stereocenters. The van der Waals surface area contributed by atoms with Crippen LogP contribution in [0.4, 0.5) is 10.2 Å². The number of piperidine rings is 1. The number of anilines is 1. The topological polar surface area (TPSA) is 46.1 Å². The number of halogens is 1. The van der Waals surface area contributed by atoms with Crippen LogP contribution in [0.5, 0.6) is 0 Å². The molecule has 5 heteroatoms. The van der Waals surface area contributed by atoms with Gasteiger partial charge in [-0.05, 0) is 37.1 Å². The maximum Gasteiger partial charge on any atom is 0.167 e. The largest absolute Gasteiger partial charge is 0.355 e. The van der Waals surface area contributed by atoms with Crippen molar-refractivity contribution < 1.29 is 9.18 Å². The maximum absolute atomic E-state index is 12.9. The Labute approximate surface area is 122 Å². The molecule has 1 aliphatic heterocycles. The lowest BCUT2D eigenvalue weighted by atomic mass is 9.90. The Bertz CT molecular complexity index is 615. The van der Waals surface area contributed by atoms with Crippen LogP contribution in [0.1, 0.15) is 23.2 Å². The second-order valence-corrected chi connectivity index (χ2v) is 5.22. The second kappa shape index (κ2) is 5.99. The highest BCUT2D eigenvalue weighted by Crippen LogP contribution is 2.24. The molecule has 0 bridgehead atoms. The molecule has 0 saturated carbocycles. The SMILES string of the molecule is O=C(c1ccc(F)cc1)C1CCCN(c2cnccn2)C1. The molecule has 0 spiro atoms. The van der Waals surface area contributed by atoms with Gasteiger partial charge in [0.15, 0.2) is 5.78 Å². The van der Waals surface area contributed by atoms with E-state index in [-0.39, 0.29) is 17.5 Å². The van der Waals surface area contributed by atoms with E-state index < -0.39 is 0 Å². The van der Waals surface area contributed by atoms with Crippen LogP contribution in [0.15, 0.2) is 42.9 Å². The fourth-order valence-electron chi connectivity index (χ4n) is 2.70. The van der Waals surface area contributed by atoms with Gasteiger partial charge in [0.2, 0.25) is 0 Å². The monoisotopic (exact) mass is 285 g/mol. The number of rotatable bonds is 3. The predicted octanol–water partition coefficient (Wildman–Crippen LogP) is 2.72. The van der Waals surface area contributed by atoms with Crippen molar-refractivity contribution in [1.82, 2.24) is 9.97 Å². The fourth-order valence-corrected chi connectivity index (χ4v) is 2.70. The zero-order chi connectivity index (χ0) is 14.7. The van der Waals surface area contributed by atoms with Crippen LogP contribution >= 0.6 is 0 Å². The van der Waals surface area contributed by atoms with Gasteiger partial charge in [0.05, 0.1) is 6.20 Å². The van der Waals surface area contributed by atoms with Crippen LogP contribution in [-0.4, -0.2) is 28.8 Å². The summed E-state index contributed by atoms with van der Waals surface area (Å²) in [5, 5.41) is 0. The molecule has 2 aromatic rings. The summed E-state index contributed by atoms with van der Waals surface area (Å²) in [6.45, 7) is 1.51. The minimum absolute atomic E-state index is 0.0728. The van der Waals surface area contributed by atoms with E-state index >= 15 is 0 Å². The maximum atomic E-state index is 12.9.